The molecule has 0 bridgehead atoms. The van der Waals surface area contributed by atoms with E-state index in [2.05, 4.69) is 4.98 Å². The van der Waals surface area contributed by atoms with Gasteiger partial charge in [-0.05, 0) is 12.0 Å². The van der Waals surface area contributed by atoms with Crippen molar-refractivity contribution in [2.24, 2.45) is 5.92 Å². The summed E-state index contributed by atoms with van der Waals surface area (Å²) in [5.74, 6) is -3.95. The highest BCUT2D eigenvalue weighted by atomic mass is 19.4. The summed E-state index contributed by atoms with van der Waals surface area (Å²) >= 11 is 0. The molecule has 24 heavy (non-hydrogen) atoms. The van der Waals surface area contributed by atoms with Crippen molar-refractivity contribution in [3.8, 4) is 5.88 Å². The molecule has 2 atom stereocenters. The molecule has 1 N–H and O–H groups in total. The third kappa shape index (κ3) is 4.24. The quantitative estimate of drug-likeness (QED) is 0.844. The van der Waals surface area contributed by atoms with Crippen molar-refractivity contribution >= 4 is 6.09 Å². The van der Waals surface area contributed by atoms with Crippen LogP contribution in [0.4, 0.5) is 26.7 Å². The third-order valence-electron chi connectivity index (χ3n) is 3.79. The van der Waals surface area contributed by atoms with Crippen molar-refractivity contribution in [2.75, 3.05) is 13.2 Å². The van der Waals surface area contributed by atoms with E-state index in [-0.39, 0.29) is 12.5 Å². The van der Waals surface area contributed by atoms with Crippen molar-refractivity contribution in [2.45, 2.75) is 31.5 Å². The monoisotopic (exact) mass is 354 g/mol. The highest BCUT2D eigenvalue weighted by Crippen LogP contribution is 2.34. The number of carbonyl (C=O) groups is 1. The fourth-order valence-electron chi connectivity index (χ4n) is 2.61. The molecule has 1 aromatic heterocycles. The minimum Gasteiger partial charge on any atom is -0.475 e. The Bertz CT molecular complexity index is 591. The van der Waals surface area contributed by atoms with Crippen LogP contribution in [0, 0.1) is 5.92 Å². The van der Waals surface area contributed by atoms with Gasteiger partial charge in [-0.1, -0.05) is 6.92 Å². The third-order valence-corrected chi connectivity index (χ3v) is 3.79. The first-order valence-electron chi connectivity index (χ1n) is 7.03. The zero-order valence-corrected chi connectivity index (χ0v) is 12.6. The number of hydrogen-bond donors (Lipinski definition) is 1. The average molecular weight is 354 g/mol. The molecular formula is C14H15F5N2O3. The molecule has 1 aliphatic heterocycles. The number of alkyl halides is 5. The smallest absolute Gasteiger partial charge is 0.417 e. The average Bonchev–Trinajstić information content (AvgIpc) is 2.44. The topological polar surface area (TPSA) is 62.7 Å². The van der Waals surface area contributed by atoms with Gasteiger partial charge in [0.1, 0.15) is 6.61 Å². The van der Waals surface area contributed by atoms with Crippen molar-refractivity contribution in [1.82, 2.24) is 9.88 Å². The molecule has 10 heteroatoms. The number of nitrogens with zero attached hydrogens (tertiary/aromatic N) is 2. The molecule has 1 aromatic rings. The number of amides is 1. The molecular weight excluding hydrogens is 339 g/mol. The molecule has 0 aromatic carbocycles. The lowest BCUT2D eigenvalue weighted by atomic mass is 9.89. The fraction of sp³-hybridized carbons (Fsp3) is 0.571. The molecule has 1 saturated heterocycles. The first-order valence-corrected chi connectivity index (χ1v) is 7.03. The summed E-state index contributed by atoms with van der Waals surface area (Å²) in [6.07, 6.45) is -5.95. The number of aromatic nitrogens is 1. The van der Waals surface area contributed by atoms with Gasteiger partial charge >= 0.3 is 12.3 Å². The number of halogens is 5. The van der Waals surface area contributed by atoms with Gasteiger partial charge in [0.05, 0.1) is 18.2 Å². The Kier molecular flexibility index (Phi) is 4.86. The molecule has 5 nitrogen and oxygen atoms in total. The van der Waals surface area contributed by atoms with Crippen molar-refractivity contribution in [3.63, 3.8) is 0 Å². The number of piperidine rings is 1. The van der Waals surface area contributed by atoms with Crippen molar-refractivity contribution in [1.29, 1.82) is 0 Å². The van der Waals surface area contributed by atoms with Gasteiger partial charge in [0.25, 0.3) is 5.92 Å². The van der Waals surface area contributed by atoms with Crippen LogP contribution < -0.4 is 4.74 Å². The van der Waals surface area contributed by atoms with Crippen LogP contribution in [0.5, 0.6) is 5.88 Å². The summed E-state index contributed by atoms with van der Waals surface area (Å²) in [5, 5.41) is 9.08. The molecule has 0 radical (unpaired) electrons. The summed E-state index contributed by atoms with van der Waals surface area (Å²) in [5.41, 5.74) is -0.951. The largest absolute Gasteiger partial charge is 0.475 e. The highest BCUT2D eigenvalue weighted by molar-refractivity contribution is 5.65. The summed E-state index contributed by atoms with van der Waals surface area (Å²) in [4.78, 5) is 15.3. The molecule has 2 unspecified atom stereocenters. The van der Waals surface area contributed by atoms with Gasteiger partial charge in [0.15, 0.2) is 0 Å². The summed E-state index contributed by atoms with van der Waals surface area (Å²) in [6.45, 7) is 0.250. The second kappa shape index (κ2) is 6.40. The van der Waals surface area contributed by atoms with Crippen LogP contribution in [0.25, 0.3) is 0 Å². The lowest BCUT2D eigenvalue weighted by Crippen LogP contribution is -2.56. The van der Waals surface area contributed by atoms with Crippen molar-refractivity contribution < 1.29 is 36.6 Å². The van der Waals surface area contributed by atoms with Gasteiger partial charge in [0, 0.05) is 18.7 Å². The lowest BCUT2D eigenvalue weighted by Gasteiger charge is -2.41. The Balaban J connectivity index is 2.05. The molecule has 2 rings (SSSR count). The van der Waals surface area contributed by atoms with E-state index >= 15 is 0 Å². The molecule has 134 valence electrons. The van der Waals surface area contributed by atoms with Crippen LogP contribution in [0.15, 0.2) is 18.3 Å². The van der Waals surface area contributed by atoms with Gasteiger partial charge in [-0.3, -0.25) is 4.90 Å². The Morgan fingerprint density at radius 2 is 2.12 bits per heavy atom. The van der Waals surface area contributed by atoms with E-state index in [0.29, 0.717) is 11.1 Å². The van der Waals surface area contributed by atoms with E-state index in [4.69, 9.17) is 9.84 Å². The minimum absolute atomic E-state index is 0.141. The minimum atomic E-state index is -4.53. The van der Waals surface area contributed by atoms with Crippen LogP contribution in [0.1, 0.15) is 18.9 Å². The van der Waals surface area contributed by atoms with E-state index in [1.165, 1.54) is 6.92 Å². The highest BCUT2D eigenvalue weighted by Gasteiger charge is 2.46. The number of hydrogen-bond acceptors (Lipinski definition) is 3. The van der Waals surface area contributed by atoms with E-state index in [1.807, 2.05) is 0 Å². The molecule has 0 saturated carbocycles. The maximum atomic E-state index is 13.5. The predicted octanol–water partition coefficient (Wildman–Crippen LogP) is 3.50. The number of pyridine rings is 1. The van der Waals surface area contributed by atoms with Crippen LogP contribution in [-0.2, 0) is 6.18 Å². The number of likely N-dealkylation sites (tertiary alicyclic amines) is 1. The summed E-state index contributed by atoms with van der Waals surface area (Å²) in [7, 11) is 0. The first kappa shape index (κ1) is 18.2. The molecule has 1 amide bonds. The van der Waals surface area contributed by atoms with Crippen LogP contribution >= 0.6 is 0 Å². The first-order chi connectivity index (χ1) is 11.0. The van der Waals surface area contributed by atoms with Gasteiger partial charge in [-0.25, -0.2) is 18.6 Å². The molecule has 0 spiro atoms. The maximum absolute atomic E-state index is 13.5. The van der Waals surface area contributed by atoms with E-state index < -0.39 is 48.7 Å². The standard InChI is InChI=1S/C14H15F5N2O3/c1-8-4-13(15,16)7-21(12(22)23)10(8)6-24-11-3-2-9(5-20-11)14(17,18)19/h2-3,5,8,10H,4,6-7H2,1H3,(H,22,23). The normalized spacial score (nSPS) is 23.8. The Labute approximate surface area is 134 Å². The zero-order chi connectivity index (χ0) is 18.1. The zero-order valence-electron chi connectivity index (χ0n) is 12.6. The SMILES string of the molecule is CC1CC(F)(F)CN(C(=O)O)C1COc1ccc(C(F)(F)F)cn1. The second-order valence-electron chi connectivity index (χ2n) is 5.71. The van der Waals surface area contributed by atoms with E-state index in [0.717, 1.165) is 12.1 Å². The van der Waals surface area contributed by atoms with Gasteiger partial charge < -0.3 is 9.84 Å². The Morgan fingerprint density at radius 1 is 1.46 bits per heavy atom. The van der Waals surface area contributed by atoms with Crippen molar-refractivity contribution in [3.05, 3.63) is 23.9 Å². The van der Waals surface area contributed by atoms with Crippen LogP contribution in [-0.4, -0.2) is 46.2 Å². The van der Waals surface area contributed by atoms with Crippen LogP contribution in [0.3, 0.4) is 0 Å². The van der Waals surface area contributed by atoms with E-state index in [1.54, 1.807) is 0 Å². The molecule has 1 fully saturated rings. The van der Waals surface area contributed by atoms with Gasteiger partial charge in [-0.2, -0.15) is 13.2 Å². The lowest BCUT2D eigenvalue weighted by molar-refractivity contribution is -0.137. The van der Waals surface area contributed by atoms with Gasteiger partial charge in [-0.15, -0.1) is 0 Å². The number of carboxylic acid groups (broad SMARTS) is 1. The maximum Gasteiger partial charge on any atom is 0.417 e. The molecule has 2 heterocycles. The summed E-state index contributed by atoms with van der Waals surface area (Å²) in [6, 6.07) is 0.928. The predicted molar refractivity (Wildman–Crippen MR) is 72.0 cm³/mol. The van der Waals surface area contributed by atoms with Gasteiger partial charge in [0.2, 0.25) is 5.88 Å². The second-order valence-corrected chi connectivity index (χ2v) is 5.71. The number of rotatable bonds is 3. The van der Waals surface area contributed by atoms with E-state index in [9.17, 15) is 26.7 Å². The molecule has 1 aliphatic rings. The molecule has 0 aliphatic carbocycles. The Morgan fingerprint density at radius 3 is 2.62 bits per heavy atom. The number of ether oxygens (including phenoxy) is 1. The van der Waals surface area contributed by atoms with Crippen LogP contribution in [0.2, 0.25) is 0 Å². The Hall–Kier alpha value is -2.13. The summed E-state index contributed by atoms with van der Waals surface area (Å²) < 4.78 is 69.5. The fourth-order valence-corrected chi connectivity index (χ4v) is 2.61.